The Hall–Kier alpha value is -2.23. The van der Waals surface area contributed by atoms with Gasteiger partial charge in [-0.15, -0.1) is 0 Å². The number of nitrogens with zero attached hydrogens (tertiary/aromatic N) is 2. The van der Waals surface area contributed by atoms with Gasteiger partial charge in [0.2, 0.25) is 0 Å². The summed E-state index contributed by atoms with van der Waals surface area (Å²) in [6.07, 6.45) is 4.17. The van der Waals surface area contributed by atoms with E-state index in [4.69, 9.17) is 14.2 Å². The lowest BCUT2D eigenvalue weighted by Gasteiger charge is -2.36. The lowest BCUT2D eigenvalue weighted by molar-refractivity contribution is -0.156. The van der Waals surface area contributed by atoms with Gasteiger partial charge in [-0.1, -0.05) is 12.7 Å². The first kappa shape index (κ1) is 25.9. The smallest absolute Gasteiger partial charge is 0.334 e. The van der Waals surface area contributed by atoms with Crippen molar-refractivity contribution in [2.45, 2.75) is 107 Å². The van der Waals surface area contributed by atoms with Gasteiger partial charge in [0.05, 0.1) is 18.6 Å². The number of carbonyl (C=O) groups is 3. The molecule has 0 aliphatic carbocycles. The van der Waals surface area contributed by atoms with E-state index >= 15 is 0 Å². The number of aliphatic hydroxyl groups excluding tert-OH is 1. The predicted octanol–water partition coefficient (Wildman–Crippen LogP) is 1.73. The maximum Gasteiger partial charge on any atom is 0.334 e. The minimum Gasteiger partial charge on any atom is -0.462 e. The molecule has 35 heavy (non-hydrogen) atoms. The number of piperidine rings is 2. The fourth-order valence-electron chi connectivity index (χ4n) is 6.16. The molecule has 0 aromatic carbocycles. The Kier molecular flexibility index (Phi) is 7.68. The summed E-state index contributed by atoms with van der Waals surface area (Å²) in [5.41, 5.74) is 0.649. The largest absolute Gasteiger partial charge is 0.462 e. The quantitative estimate of drug-likeness (QED) is 0.324. The zero-order valence-electron chi connectivity index (χ0n) is 21.1. The molecule has 9 nitrogen and oxygen atoms in total. The Morgan fingerprint density at radius 1 is 0.886 bits per heavy atom. The third-order valence-electron chi connectivity index (χ3n) is 8.38. The molecular weight excluding hydrogens is 452 g/mol. The molecule has 4 heterocycles. The van der Waals surface area contributed by atoms with E-state index in [1.807, 2.05) is 14.1 Å². The molecule has 4 aliphatic rings. The average molecular weight is 491 g/mol. The lowest BCUT2D eigenvalue weighted by Crippen LogP contribution is -2.46. The summed E-state index contributed by atoms with van der Waals surface area (Å²) < 4.78 is 17.1. The van der Waals surface area contributed by atoms with Crippen LogP contribution in [0.25, 0.3) is 0 Å². The van der Waals surface area contributed by atoms with Crippen LogP contribution in [0.4, 0.5) is 0 Å². The van der Waals surface area contributed by atoms with E-state index in [1.165, 1.54) is 0 Å². The number of hydrogen-bond donors (Lipinski definition) is 1. The first-order valence-corrected chi connectivity index (χ1v) is 12.6. The van der Waals surface area contributed by atoms with Crippen molar-refractivity contribution in [1.29, 1.82) is 0 Å². The van der Waals surface area contributed by atoms with Crippen molar-refractivity contribution in [3.8, 4) is 0 Å². The molecule has 0 amide bonds. The molecule has 8 unspecified atom stereocenters. The third kappa shape index (κ3) is 5.47. The molecule has 4 aliphatic heterocycles. The van der Waals surface area contributed by atoms with Crippen molar-refractivity contribution in [2.24, 2.45) is 0 Å². The van der Waals surface area contributed by atoms with E-state index in [0.717, 1.165) is 0 Å². The number of carbonyl (C=O) groups excluding carboxylic acids is 3. The first-order valence-electron chi connectivity index (χ1n) is 12.6. The Morgan fingerprint density at radius 3 is 2.09 bits per heavy atom. The minimum absolute atomic E-state index is 0.0117. The van der Waals surface area contributed by atoms with Crippen LogP contribution in [0.2, 0.25) is 0 Å². The van der Waals surface area contributed by atoms with Gasteiger partial charge in [-0.05, 0) is 40.8 Å². The van der Waals surface area contributed by atoms with Gasteiger partial charge >= 0.3 is 17.9 Å². The standard InChI is InChI=1S/C26H38N2O7/c1-6-14(2)25(31)34-23-11-17-9-19(13-21(23)28(17)5)33-24(30)7-15(3)26(32)35-22-10-16-8-18(29)12-20(22)27(16)4/h6,16-23,29H,3,7-13H2,1-2,4-5H3. The van der Waals surface area contributed by atoms with E-state index in [-0.39, 0.29) is 66.5 Å². The minimum atomic E-state index is -0.586. The van der Waals surface area contributed by atoms with Crippen molar-refractivity contribution in [1.82, 2.24) is 9.80 Å². The SMILES string of the molecule is C=C(CC(=O)OC1CC2CC(OC(=O)C(C)=CC)C(C1)N2C)C(=O)OC1CC2CC(O)CC1N2C. The Balaban J connectivity index is 1.25. The highest BCUT2D eigenvalue weighted by molar-refractivity contribution is 5.93. The number of hydrogen-bond acceptors (Lipinski definition) is 9. The molecule has 4 bridgehead atoms. The van der Waals surface area contributed by atoms with Gasteiger partial charge in [-0.25, -0.2) is 9.59 Å². The molecule has 4 saturated heterocycles. The van der Waals surface area contributed by atoms with Crippen molar-refractivity contribution in [3.63, 3.8) is 0 Å². The highest BCUT2D eigenvalue weighted by atomic mass is 16.6. The Bertz CT molecular complexity index is 902. The highest BCUT2D eigenvalue weighted by Gasteiger charge is 2.48. The Morgan fingerprint density at radius 2 is 1.46 bits per heavy atom. The van der Waals surface area contributed by atoms with Crippen LogP contribution in [0.15, 0.2) is 23.8 Å². The summed E-state index contributed by atoms with van der Waals surface area (Å²) in [5, 5.41) is 10.0. The maximum atomic E-state index is 12.6. The summed E-state index contributed by atoms with van der Waals surface area (Å²) in [6, 6.07) is 0.338. The zero-order valence-corrected chi connectivity index (χ0v) is 21.1. The molecule has 0 radical (unpaired) electrons. The summed E-state index contributed by atoms with van der Waals surface area (Å²) in [6.45, 7) is 7.30. The molecule has 0 spiro atoms. The summed E-state index contributed by atoms with van der Waals surface area (Å²) >= 11 is 0. The second-order valence-electron chi connectivity index (χ2n) is 10.6. The van der Waals surface area contributed by atoms with Crippen LogP contribution < -0.4 is 0 Å². The molecule has 4 rings (SSSR count). The van der Waals surface area contributed by atoms with Crippen LogP contribution in [0, 0.1) is 0 Å². The molecule has 0 aromatic rings. The third-order valence-corrected chi connectivity index (χ3v) is 8.38. The maximum absolute atomic E-state index is 12.6. The fourth-order valence-corrected chi connectivity index (χ4v) is 6.16. The fraction of sp³-hybridized carbons (Fsp3) is 0.731. The number of aliphatic hydroxyl groups is 1. The predicted molar refractivity (Wildman–Crippen MR) is 127 cm³/mol. The van der Waals surface area contributed by atoms with Crippen LogP contribution >= 0.6 is 0 Å². The lowest BCUT2D eigenvalue weighted by atomic mass is 10.00. The van der Waals surface area contributed by atoms with Crippen LogP contribution in [0.1, 0.15) is 58.8 Å². The Labute approximate surface area is 207 Å². The molecule has 4 fully saturated rings. The van der Waals surface area contributed by atoms with Crippen LogP contribution in [0.3, 0.4) is 0 Å². The van der Waals surface area contributed by atoms with Gasteiger partial charge in [-0.3, -0.25) is 14.6 Å². The van der Waals surface area contributed by atoms with E-state index < -0.39 is 11.9 Å². The van der Waals surface area contributed by atoms with Crippen molar-refractivity contribution < 1.29 is 33.7 Å². The van der Waals surface area contributed by atoms with Gasteiger partial charge in [0.25, 0.3) is 0 Å². The number of ether oxygens (including phenoxy) is 3. The molecule has 0 saturated carbocycles. The van der Waals surface area contributed by atoms with Gasteiger partial charge < -0.3 is 19.3 Å². The molecular formula is C26H38N2O7. The van der Waals surface area contributed by atoms with Crippen LogP contribution in [-0.4, -0.2) is 95.5 Å². The summed E-state index contributed by atoms with van der Waals surface area (Å²) in [4.78, 5) is 41.8. The summed E-state index contributed by atoms with van der Waals surface area (Å²) in [5.74, 6) is -1.40. The number of allylic oxidation sites excluding steroid dienone is 1. The molecule has 8 atom stereocenters. The molecule has 0 aromatic heterocycles. The number of esters is 3. The molecule has 1 N–H and O–H groups in total. The summed E-state index contributed by atoms with van der Waals surface area (Å²) in [7, 11) is 4.00. The van der Waals surface area contributed by atoms with Gasteiger partial charge in [-0.2, -0.15) is 0 Å². The van der Waals surface area contributed by atoms with E-state index in [0.29, 0.717) is 44.1 Å². The second-order valence-corrected chi connectivity index (χ2v) is 10.6. The number of likely N-dealkylation sites (N-methyl/N-ethyl adjacent to an activating group) is 2. The van der Waals surface area contributed by atoms with E-state index in [9.17, 15) is 19.5 Å². The topological polar surface area (TPSA) is 106 Å². The van der Waals surface area contributed by atoms with Crippen LogP contribution in [0.5, 0.6) is 0 Å². The second kappa shape index (κ2) is 10.4. The van der Waals surface area contributed by atoms with Crippen molar-refractivity contribution >= 4 is 17.9 Å². The first-order chi connectivity index (χ1) is 16.6. The number of rotatable bonds is 7. The van der Waals surface area contributed by atoms with Gasteiger partial charge in [0.15, 0.2) is 0 Å². The van der Waals surface area contributed by atoms with Gasteiger partial charge in [0.1, 0.15) is 18.3 Å². The number of fused-ring (bicyclic) bond motifs is 4. The molecule has 9 heteroatoms. The van der Waals surface area contributed by atoms with Crippen molar-refractivity contribution in [2.75, 3.05) is 14.1 Å². The van der Waals surface area contributed by atoms with Gasteiger partial charge in [0, 0.05) is 55.0 Å². The monoisotopic (exact) mass is 490 g/mol. The zero-order chi connectivity index (χ0) is 25.4. The normalized spacial score (nSPS) is 37.1. The molecule has 194 valence electrons. The van der Waals surface area contributed by atoms with E-state index in [1.54, 1.807) is 19.9 Å². The van der Waals surface area contributed by atoms with Crippen molar-refractivity contribution in [3.05, 3.63) is 23.8 Å². The van der Waals surface area contributed by atoms with E-state index in [2.05, 4.69) is 16.4 Å². The highest BCUT2D eigenvalue weighted by Crippen LogP contribution is 2.38. The average Bonchev–Trinajstić information content (AvgIpc) is 3.07. The van der Waals surface area contributed by atoms with Crippen LogP contribution in [-0.2, 0) is 28.6 Å².